The molecule has 5 nitrogen and oxygen atoms in total. The van der Waals surface area contributed by atoms with E-state index in [1.54, 1.807) is 24.4 Å². The largest absolute Gasteiger partial charge is 0.370 e. The number of amides is 1. The monoisotopic (exact) mass is 368 g/mol. The molecule has 0 spiro atoms. The fourth-order valence-electron chi connectivity index (χ4n) is 1.61. The lowest BCUT2D eigenvalue weighted by molar-refractivity contribution is 0.102. The number of anilines is 2. The summed E-state index contributed by atoms with van der Waals surface area (Å²) < 4.78 is 0.702. The van der Waals surface area contributed by atoms with E-state index >= 15 is 0 Å². The quantitative estimate of drug-likeness (QED) is 0.837. The topological polar surface area (TPSA) is 66.9 Å². The Hall–Kier alpha value is -1.66. The molecule has 0 aliphatic heterocycles. The lowest BCUT2D eigenvalue weighted by Gasteiger charge is -2.09. The molecule has 0 radical (unpaired) electrons. The number of nitrogens with one attached hydrogen (secondary N) is 2. The van der Waals surface area contributed by atoms with E-state index in [0.29, 0.717) is 26.7 Å². The molecule has 0 fully saturated rings. The summed E-state index contributed by atoms with van der Waals surface area (Å²) in [5, 5.41) is 6.12. The van der Waals surface area contributed by atoms with E-state index in [0.717, 1.165) is 13.0 Å². The van der Waals surface area contributed by atoms with Gasteiger partial charge >= 0.3 is 0 Å². The van der Waals surface area contributed by atoms with Crippen LogP contribution in [0.25, 0.3) is 0 Å². The molecule has 0 unspecified atom stereocenters. The molecule has 7 heteroatoms. The van der Waals surface area contributed by atoms with Crippen LogP contribution in [-0.2, 0) is 0 Å². The summed E-state index contributed by atoms with van der Waals surface area (Å²) in [6, 6.07) is 5.20. The highest BCUT2D eigenvalue weighted by molar-refractivity contribution is 9.10. The van der Waals surface area contributed by atoms with E-state index in [4.69, 9.17) is 11.6 Å². The van der Waals surface area contributed by atoms with E-state index in [1.807, 2.05) is 0 Å². The fourth-order valence-corrected chi connectivity index (χ4v) is 2.16. The van der Waals surface area contributed by atoms with E-state index in [2.05, 4.69) is 43.5 Å². The Balaban J connectivity index is 2.20. The van der Waals surface area contributed by atoms with Gasteiger partial charge in [-0.25, -0.2) is 9.97 Å². The molecule has 0 saturated carbocycles. The summed E-state index contributed by atoms with van der Waals surface area (Å²) in [6.07, 6.45) is 4.03. The predicted molar refractivity (Wildman–Crippen MR) is 87.9 cm³/mol. The van der Waals surface area contributed by atoms with Gasteiger partial charge in [-0.05, 0) is 40.5 Å². The van der Waals surface area contributed by atoms with Crippen LogP contribution in [-0.4, -0.2) is 22.4 Å². The van der Waals surface area contributed by atoms with Gasteiger partial charge in [-0.15, -0.1) is 0 Å². The SMILES string of the molecule is CCCNc1cc(C(=O)Nc2ncccc2Br)c(Cl)cn1. The number of nitrogens with zero attached hydrogens (tertiary/aromatic N) is 2. The Bertz CT molecular complexity index is 651. The van der Waals surface area contributed by atoms with Crippen LogP contribution < -0.4 is 10.6 Å². The van der Waals surface area contributed by atoms with Gasteiger partial charge in [-0.1, -0.05) is 18.5 Å². The van der Waals surface area contributed by atoms with Crippen LogP contribution in [0.5, 0.6) is 0 Å². The van der Waals surface area contributed by atoms with Crippen molar-refractivity contribution >= 4 is 45.1 Å². The smallest absolute Gasteiger partial charge is 0.258 e. The summed E-state index contributed by atoms with van der Waals surface area (Å²) in [5.41, 5.74) is 0.350. The second-order valence-corrected chi connectivity index (χ2v) is 5.53. The Morgan fingerprint density at radius 2 is 2.24 bits per heavy atom. The highest BCUT2D eigenvalue weighted by Crippen LogP contribution is 2.22. The van der Waals surface area contributed by atoms with Crippen molar-refractivity contribution in [3.05, 3.63) is 45.7 Å². The molecule has 0 aliphatic rings. The molecule has 2 aromatic rings. The molecule has 2 aromatic heterocycles. The zero-order valence-corrected chi connectivity index (χ0v) is 13.7. The van der Waals surface area contributed by atoms with Crippen molar-refractivity contribution in [1.29, 1.82) is 0 Å². The van der Waals surface area contributed by atoms with Gasteiger partial charge in [0.25, 0.3) is 5.91 Å². The van der Waals surface area contributed by atoms with Crippen LogP contribution in [0.2, 0.25) is 5.02 Å². The minimum atomic E-state index is -0.332. The molecule has 0 bridgehead atoms. The zero-order valence-electron chi connectivity index (χ0n) is 11.4. The summed E-state index contributed by atoms with van der Waals surface area (Å²) in [7, 11) is 0. The van der Waals surface area contributed by atoms with Crippen molar-refractivity contribution in [3.8, 4) is 0 Å². The minimum Gasteiger partial charge on any atom is -0.370 e. The third-order valence-electron chi connectivity index (χ3n) is 2.65. The maximum absolute atomic E-state index is 12.3. The maximum atomic E-state index is 12.3. The third-order valence-corrected chi connectivity index (χ3v) is 3.59. The van der Waals surface area contributed by atoms with Gasteiger partial charge in [-0.3, -0.25) is 4.79 Å². The van der Waals surface area contributed by atoms with Gasteiger partial charge in [-0.2, -0.15) is 0 Å². The number of hydrogen-bond donors (Lipinski definition) is 2. The lowest BCUT2D eigenvalue weighted by atomic mass is 10.2. The van der Waals surface area contributed by atoms with Crippen LogP contribution in [0.4, 0.5) is 11.6 Å². The highest BCUT2D eigenvalue weighted by atomic mass is 79.9. The standard InChI is InChI=1S/C14H14BrClN4O/c1-2-5-17-12-7-9(11(16)8-19-12)14(21)20-13-10(15)4-3-6-18-13/h3-4,6-8H,2,5H2,1H3,(H,17,19)(H,18,20,21). The molecule has 21 heavy (non-hydrogen) atoms. The molecule has 0 aromatic carbocycles. The number of aromatic nitrogens is 2. The molecule has 2 heterocycles. The van der Waals surface area contributed by atoms with Crippen molar-refractivity contribution in [3.63, 3.8) is 0 Å². The number of pyridine rings is 2. The second-order valence-electron chi connectivity index (χ2n) is 4.26. The van der Waals surface area contributed by atoms with Gasteiger partial charge < -0.3 is 10.6 Å². The Morgan fingerprint density at radius 1 is 1.43 bits per heavy atom. The zero-order chi connectivity index (χ0) is 15.2. The first-order chi connectivity index (χ1) is 10.1. The Kier molecular flexibility index (Phi) is 5.52. The molecule has 0 saturated heterocycles. The molecular formula is C14H14BrClN4O. The molecule has 1 amide bonds. The van der Waals surface area contributed by atoms with E-state index < -0.39 is 0 Å². The van der Waals surface area contributed by atoms with Crippen LogP contribution in [0.3, 0.4) is 0 Å². The van der Waals surface area contributed by atoms with Crippen LogP contribution in [0, 0.1) is 0 Å². The highest BCUT2D eigenvalue weighted by Gasteiger charge is 2.14. The van der Waals surface area contributed by atoms with Crippen molar-refractivity contribution in [2.24, 2.45) is 0 Å². The van der Waals surface area contributed by atoms with Crippen LogP contribution in [0.1, 0.15) is 23.7 Å². The molecular weight excluding hydrogens is 356 g/mol. The average molecular weight is 370 g/mol. The van der Waals surface area contributed by atoms with Crippen LogP contribution >= 0.6 is 27.5 Å². The van der Waals surface area contributed by atoms with Crippen molar-refractivity contribution in [2.45, 2.75) is 13.3 Å². The van der Waals surface area contributed by atoms with Crippen molar-refractivity contribution in [2.75, 3.05) is 17.2 Å². The number of carbonyl (C=O) groups is 1. The number of carbonyl (C=O) groups excluding carboxylic acids is 1. The first-order valence-corrected chi connectivity index (χ1v) is 7.60. The van der Waals surface area contributed by atoms with E-state index in [-0.39, 0.29) is 5.91 Å². The van der Waals surface area contributed by atoms with Gasteiger partial charge in [0.1, 0.15) is 11.6 Å². The number of halogens is 2. The molecule has 2 N–H and O–H groups in total. The molecule has 0 atom stereocenters. The Morgan fingerprint density at radius 3 is 2.95 bits per heavy atom. The summed E-state index contributed by atoms with van der Waals surface area (Å²) >= 11 is 9.38. The van der Waals surface area contributed by atoms with Crippen LogP contribution in [0.15, 0.2) is 35.1 Å². The molecule has 2 rings (SSSR count). The van der Waals surface area contributed by atoms with Crippen molar-refractivity contribution in [1.82, 2.24) is 9.97 Å². The molecule has 110 valence electrons. The summed E-state index contributed by atoms with van der Waals surface area (Å²) in [5.74, 6) is 0.728. The normalized spacial score (nSPS) is 10.2. The fraction of sp³-hybridized carbons (Fsp3) is 0.214. The van der Waals surface area contributed by atoms with E-state index in [1.165, 1.54) is 6.20 Å². The minimum absolute atomic E-state index is 0.293. The maximum Gasteiger partial charge on any atom is 0.258 e. The molecule has 0 aliphatic carbocycles. The van der Waals surface area contributed by atoms with Crippen molar-refractivity contribution < 1.29 is 4.79 Å². The average Bonchev–Trinajstić information content (AvgIpc) is 2.48. The van der Waals surface area contributed by atoms with E-state index in [9.17, 15) is 4.79 Å². The Labute approximate surface area is 136 Å². The van der Waals surface area contributed by atoms with Gasteiger partial charge in [0.15, 0.2) is 0 Å². The summed E-state index contributed by atoms with van der Waals surface area (Å²) in [4.78, 5) is 20.5. The number of hydrogen-bond acceptors (Lipinski definition) is 4. The van der Waals surface area contributed by atoms with Gasteiger partial charge in [0, 0.05) is 18.9 Å². The van der Waals surface area contributed by atoms with Gasteiger partial charge in [0.05, 0.1) is 15.1 Å². The first-order valence-electron chi connectivity index (χ1n) is 6.43. The lowest BCUT2D eigenvalue weighted by Crippen LogP contribution is -2.15. The third kappa shape index (κ3) is 4.15. The van der Waals surface area contributed by atoms with Gasteiger partial charge in [0.2, 0.25) is 0 Å². The first kappa shape index (κ1) is 15.7. The summed E-state index contributed by atoms with van der Waals surface area (Å²) in [6.45, 7) is 2.83. The second kappa shape index (κ2) is 7.38. The predicted octanol–water partition coefficient (Wildman–Crippen LogP) is 3.97. The number of rotatable bonds is 5.